The molecule has 0 spiro atoms. The molecule has 0 aliphatic carbocycles. The maximum atomic E-state index is 10.3. The number of esters is 2. The second kappa shape index (κ2) is 4.03. The van der Waals surface area contributed by atoms with Crippen molar-refractivity contribution in [3.05, 3.63) is 0 Å². The summed E-state index contributed by atoms with van der Waals surface area (Å²) in [6, 6.07) is 0. The second-order valence-electron chi connectivity index (χ2n) is 1.40. The van der Waals surface area contributed by atoms with Crippen molar-refractivity contribution in [2.75, 3.05) is 6.54 Å². The average molecular weight is 131 g/mol. The first-order valence-electron chi connectivity index (χ1n) is 2.64. The Bertz CT molecular complexity index is 107. The lowest BCUT2D eigenvalue weighted by atomic mass is 10.5. The summed E-state index contributed by atoms with van der Waals surface area (Å²) in [4.78, 5) is 20.5. The first-order valence-corrected chi connectivity index (χ1v) is 2.64. The summed E-state index contributed by atoms with van der Waals surface area (Å²) in [5.41, 5.74) is 4.85. The van der Waals surface area contributed by atoms with E-state index in [1.54, 1.807) is 6.92 Å². The highest BCUT2D eigenvalue weighted by molar-refractivity contribution is 5.86. The number of hydrogen-bond acceptors (Lipinski definition) is 4. The smallest absolute Gasteiger partial charge is 0.327 e. The van der Waals surface area contributed by atoms with Crippen LogP contribution in [0.3, 0.4) is 0 Å². The number of hydrogen-bond donors (Lipinski definition) is 1. The van der Waals surface area contributed by atoms with E-state index in [-0.39, 0.29) is 13.0 Å². The number of ether oxygens (including phenoxy) is 1. The second-order valence-corrected chi connectivity index (χ2v) is 1.40. The van der Waals surface area contributed by atoms with Crippen LogP contribution in [-0.4, -0.2) is 18.5 Å². The van der Waals surface area contributed by atoms with Crippen LogP contribution in [-0.2, 0) is 14.3 Å². The molecule has 4 heteroatoms. The molecule has 4 nitrogen and oxygen atoms in total. The van der Waals surface area contributed by atoms with Gasteiger partial charge in [-0.2, -0.15) is 0 Å². The number of nitrogens with two attached hydrogens (primary N) is 1. The van der Waals surface area contributed by atoms with Gasteiger partial charge in [-0.15, -0.1) is 0 Å². The Balaban J connectivity index is 3.47. The predicted molar refractivity (Wildman–Crippen MR) is 30.4 cm³/mol. The minimum Gasteiger partial charge on any atom is -0.392 e. The van der Waals surface area contributed by atoms with Gasteiger partial charge in [0.1, 0.15) is 0 Å². The van der Waals surface area contributed by atoms with Crippen LogP contribution in [0.5, 0.6) is 0 Å². The van der Waals surface area contributed by atoms with Crippen LogP contribution in [0.25, 0.3) is 0 Å². The van der Waals surface area contributed by atoms with Crippen molar-refractivity contribution >= 4 is 11.9 Å². The fourth-order valence-corrected chi connectivity index (χ4v) is 0.241. The molecule has 0 saturated heterocycles. The molecule has 0 saturated carbocycles. The van der Waals surface area contributed by atoms with E-state index >= 15 is 0 Å². The first-order chi connectivity index (χ1) is 4.20. The molecule has 0 radical (unpaired) electrons. The molecule has 0 aliphatic rings. The van der Waals surface area contributed by atoms with Gasteiger partial charge in [0.15, 0.2) is 0 Å². The number of carbonyl (C=O) groups excluding carboxylic acids is 2. The standard InChI is InChI=1S/C5H9NO3/c1-2-4(7)9-5(8)3-6/h2-3,6H2,1H3. The Labute approximate surface area is 53.0 Å². The molecule has 0 heterocycles. The molecule has 0 aromatic rings. The lowest BCUT2D eigenvalue weighted by Gasteiger charge is -1.95. The molecule has 0 fully saturated rings. The van der Waals surface area contributed by atoms with Crippen molar-refractivity contribution in [1.29, 1.82) is 0 Å². The van der Waals surface area contributed by atoms with E-state index in [0.717, 1.165) is 0 Å². The molecule has 0 atom stereocenters. The van der Waals surface area contributed by atoms with Crippen LogP contribution in [0, 0.1) is 0 Å². The highest BCUT2D eigenvalue weighted by Crippen LogP contribution is 1.82. The average Bonchev–Trinajstić information content (AvgIpc) is 1.87. The molecule has 2 N–H and O–H groups in total. The summed E-state index contributed by atoms with van der Waals surface area (Å²) in [5.74, 6) is -1.22. The van der Waals surface area contributed by atoms with Gasteiger partial charge in [-0.3, -0.25) is 9.59 Å². The quantitative estimate of drug-likeness (QED) is 0.402. The topological polar surface area (TPSA) is 69.4 Å². The summed E-state index contributed by atoms with van der Waals surface area (Å²) in [6.07, 6.45) is 0.200. The monoisotopic (exact) mass is 131 g/mol. The third kappa shape index (κ3) is 3.66. The molecular weight excluding hydrogens is 122 g/mol. The van der Waals surface area contributed by atoms with Crippen LogP contribution in [0.15, 0.2) is 0 Å². The van der Waals surface area contributed by atoms with E-state index in [2.05, 4.69) is 4.74 Å². The van der Waals surface area contributed by atoms with Crippen molar-refractivity contribution in [3.63, 3.8) is 0 Å². The molecule has 0 unspecified atom stereocenters. The Kier molecular flexibility index (Phi) is 3.62. The Morgan fingerprint density at radius 2 is 2.00 bits per heavy atom. The Morgan fingerprint density at radius 3 is 2.33 bits per heavy atom. The van der Waals surface area contributed by atoms with Gasteiger partial charge in [-0.05, 0) is 0 Å². The van der Waals surface area contributed by atoms with Gasteiger partial charge < -0.3 is 10.5 Å². The van der Waals surface area contributed by atoms with Gasteiger partial charge in [0, 0.05) is 6.42 Å². The van der Waals surface area contributed by atoms with Crippen molar-refractivity contribution in [2.24, 2.45) is 5.73 Å². The molecule has 0 aliphatic heterocycles. The number of rotatable bonds is 2. The summed E-state index contributed by atoms with van der Waals surface area (Å²) in [6.45, 7) is 1.36. The molecule has 0 aromatic heterocycles. The zero-order chi connectivity index (χ0) is 7.28. The SMILES string of the molecule is CCC(=O)OC(=O)CN. The van der Waals surface area contributed by atoms with Crippen LogP contribution >= 0.6 is 0 Å². The highest BCUT2D eigenvalue weighted by atomic mass is 16.6. The third-order valence-electron chi connectivity index (χ3n) is 0.683. The lowest BCUT2D eigenvalue weighted by Crippen LogP contribution is -2.19. The fraction of sp³-hybridized carbons (Fsp3) is 0.600. The molecule has 0 aromatic carbocycles. The predicted octanol–water partition coefficient (Wildman–Crippen LogP) is -0.575. The Hall–Kier alpha value is -0.900. The van der Waals surface area contributed by atoms with Crippen molar-refractivity contribution in [3.8, 4) is 0 Å². The highest BCUT2D eigenvalue weighted by Gasteiger charge is 2.03. The largest absolute Gasteiger partial charge is 0.392 e. The zero-order valence-corrected chi connectivity index (χ0v) is 5.22. The third-order valence-corrected chi connectivity index (χ3v) is 0.683. The van der Waals surface area contributed by atoms with E-state index in [0.29, 0.717) is 0 Å². The first kappa shape index (κ1) is 8.10. The number of carbonyl (C=O) groups is 2. The van der Waals surface area contributed by atoms with E-state index in [9.17, 15) is 9.59 Å². The van der Waals surface area contributed by atoms with Crippen molar-refractivity contribution < 1.29 is 14.3 Å². The summed E-state index contributed by atoms with van der Waals surface area (Å²) in [5, 5.41) is 0. The molecule has 0 rings (SSSR count). The van der Waals surface area contributed by atoms with Crippen LogP contribution < -0.4 is 5.73 Å². The molecule has 52 valence electrons. The summed E-state index contributed by atoms with van der Waals surface area (Å²) >= 11 is 0. The molecule has 9 heavy (non-hydrogen) atoms. The van der Waals surface area contributed by atoms with Crippen LogP contribution in [0.4, 0.5) is 0 Å². The van der Waals surface area contributed by atoms with Gasteiger partial charge >= 0.3 is 11.9 Å². The zero-order valence-electron chi connectivity index (χ0n) is 5.22. The normalized spacial score (nSPS) is 8.67. The maximum absolute atomic E-state index is 10.3. The minimum atomic E-state index is -0.679. The van der Waals surface area contributed by atoms with E-state index < -0.39 is 11.9 Å². The van der Waals surface area contributed by atoms with Crippen molar-refractivity contribution in [2.45, 2.75) is 13.3 Å². The summed E-state index contributed by atoms with van der Waals surface area (Å²) < 4.78 is 4.15. The van der Waals surface area contributed by atoms with Gasteiger partial charge in [0.25, 0.3) is 0 Å². The molecular formula is C5H9NO3. The summed E-state index contributed by atoms with van der Waals surface area (Å²) in [7, 11) is 0. The lowest BCUT2D eigenvalue weighted by molar-refractivity contribution is -0.158. The maximum Gasteiger partial charge on any atom is 0.327 e. The minimum absolute atomic E-state index is 0.200. The van der Waals surface area contributed by atoms with Crippen LogP contribution in [0.2, 0.25) is 0 Å². The van der Waals surface area contributed by atoms with Crippen LogP contribution in [0.1, 0.15) is 13.3 Å². The van der Waals surface area contributed by atoms with Gasteiger partial charge in [-0.25, -0.2) is 0 Å². The van der Waals surface area contributed by atoms with E-state index in [1.165, 1.54) is 0 Å². The Morgan fingerprint density at radius 1 is 1.44 bits per heavy atom. The molecule has 0 amide bonds. The molecule has 0 bridgehead atoms. The van der Waals surface area contributed by atoms with E-state index in [1.807, 2.05) is 0 Å². The fourth-order valence-electron chi connectivity index (χ4n) is 0.241. The van der Waals surface area contributed by atoms with Crippen molar-refractivity contribution in [1.82, 2.24) is 0 Å². The van der Waals surface area contributed by atoms with E-state index in [4.69, 9.17) is 5.73 Å². The van der Waals surface area contributed by atoms with Gasteiger partial charge in [0.05, 0.1) is 6.54 Å². The van der Waals surface area contributed by atoms with Gasteiger partial charge in [0.2, 0.25) is 0 Å². The van der Waals surface area contributed by atoms with Gasteiger partial charge in [-0.1, -0.05) is 6.92 Å².